The van der Waals surface area contributed by atoms with Crippen molar-refractivity contribution in [1.29, 1.82) is 0 Å². The van der Waals surface area contributed by atoms with Gasteiger partial charge in [-0.15, -0.1) is 0 Å². The summed E-state index contributed by atoms with van der Waals surface area (Å²) in [5.41, 5.74) is 1.27. The largest absolute Gasteiger partial charge is 0.396 e. The lowest BCUT2D eigenvalue weighted by molar-refractivity contribution is -0.146. The number of aryl methyl sites for hydroxylation is 1. The number of Topliss-reactive ketones (excluding diaryl/α,β-unsaturated/α-hetero) is 1. The zero-order valence-electron chi connectivity index (χ0n) is 11.4. The number of carbonyl (C=O) groups is 1. The van der Waals surface area contributed by atoms with Crippen LogP contribution in [-0.4, -0.2) is 29.7 Å². The fourth-order valence-electron chi connectivity index (χ4n) is 2.62. The van der Waals surface area contributed by atoms with E-state index >= 15 is 0 Å². The van der Waals surface area contributed by atoms with E-state index in [4.69, 9.17) is 9.84 Å². The fraction of sp³-hybridized carbons (Fsp3) is 0.562. The van der Waals surface area contributed by atoms with Crippen molar-refractivity contribution in [3.63, 3.8) is 0 Å². The first-order valence-electron chi connectivity index (χ1n) is 7.03. The minimum absolute atomic E-state index is 0.000422. The van der Waals surface area contributed by atoms with Crippen LogP contribution < -0.4 is 0 Å². The Bertz CT molecular complexity index is 402. The molecule has 0 aromatic heterocycles. The lowest BCUT2D eigenvalue weighted by Gasteiger charge is -2.33. The summed E-state index contributed by atoms with van der Waals surface area (Å²) in [5.74, 6) is 0.183. The molecule has 0 spiro atoms. The number of carbonyl (C=O) groups excluding carboxylic acids is 1. The highest BCUT2D eigenvalue weighted by Gasteiger charge is 2.33. The van der Waals surface area contributed by atoms with Gasteiger partial charge in [-0.05, 0) is 24.8 Å². The third kappa shape index (κ3) is 3.88. The van der Waals surface area contributed by atoms with Crippen LogP contribution in [0.4, 0.5) is 0 Å². The summed E-state index contributed by atoms with van der Waals surface area (Å²) in [7, 11) is 0. The number of hydrogen-bond acceptors (Lipinski definition) is 3. The highest BCUT2D eigenvalue weighted by Crippen LogP contribution is 2.26. The lowest BCUT2D eigenvalue weighted by atomic mass is 9.88. The molecule has 1 heterocycles. The Morgan fingerprint density at radius 3 is 2.68 bits per heavy atom. The number of aliphatic hydroxyl groups excluding tert-OH is 1. The van der Waals surface area contributed by atoms with Crippen molar-refractivity contribution >= 4 is 5.78 Å². The zero-order valence-corrected chi connectivity index (χ0v) is 11.4. The van der Waals surface area contributed by atoms with Crippen LogP contribution in [0.2, 0.25) is 0 Å². The molecule has 0 amide bonds. The van der Waals surface area contributed by atoms with Gasteiger partial charge in [-0.25, -0.2) is 0 Å². The van der Waals surface area contributed by atoms with E-state index in [1.54, 1.807) is 0 Å². The van der Waals surface area contributed by atoms with Crippen LogP contribution >= 0.6 is 0 Å². The fourth-order valence-corrected chi connectivity index (χ4v) is 2.62. The second kappa shape index (κ2) is 6.83. The van der Waals surface area contributed by atoms with E-state index in [1.165, 1.54) is 5.56 Å². The highest BCUT2D eigenvalue weighted by molar-refractivity contribution is 5.82. The van der Waals surface area contributed by atoms with Gasteiger partial charge in [0, 0.05) is 18.9 Å². The van der Waals surface area contributed by atoms with Gasteiger partial charge in [-0.3, -0.25) is 4.79 Å². The summed E-state index contributed by atoms with van der Waals surface area (Å²) in [6.07, 6.45) is 2.74. The van der Waals surface area contributed by atoms with Gasteiger partial charge in [-0.1, -0.05) is 37.3 Å². The molecular formula is C16H22O3. The summed E-state index contributed by atoms with van der Waals surface area (Å²) >= 11 is 0. The number of aliphatic hydroxyl groups is 1. The van der Waals surface area contributed by atoms with Crippen LogP contribution in [0, 0.1) is 5.92 Å². The number of ketones is 1. The molecule has 3 heteroatoms. The molecule has 1 aromatic carbocycles. The maximum Gasteiger partial charge on any atom is 0.140 e. The summed E-state index contributed by atoms with van der Waals surface area (Å²) in [4.78, 5) is 11.9. The number of benzene rings is 1. The Kier molecular flexibility index (Phi) is 5.11. The molecule has 104 valence electrons. The Labute approximate surface area is 114 Å². The molecule has 3 nitrogen and oxygen atoms in total. The molecule has 0 aliphatic carbocycles. The second-order valence-corrected chi connectivity index (χ2v) is 5.29. The standard InChI is InChI=1S/C16H22O3/c1-12-15(18)11-14(19-16(12)9-10-17)8-7-13-5-3-2-4-6-13/h2-6,12,14,16-17H,7-11H2,1H3/t12-,14-,16+/m0/s1. The van der Waals surface area contributed by atoms with Crippen LogP contribution in [-0.2, 0) is 16.0 Å². The van der Waals surface area contributed by atoms with Crippen LogP contribution in [0.15, 0.2) is 30.3 Å². The molecule has 0 unspecified atom stereocenters. The third-order valence-corrected chi connectivity index (χ3v) is 3.87. The molecule has 2 rings (SSSR count). The number of hydrogen-bond donors (Lipinski definition) is 1. The smallest absolute Gasteiger partial charge is 0.140 e. The van der Waals surface area contributed by atoms with Crippen LogP contribution in [0.1, 0.15) is 31.7 Å². The summed E-state index contributed by atoms with van der Waals surface area (Å²) in [6, 6.07) is 10.2. The molecule has 1 aliphatic heterocycles. The first-order valence-corrected chi connectivity index (χ1v) is 7.03. The third-order valence-electron chi connectivity index (χ3n) is 3.87. The monoisotopic (exact) mass is 262 g/mol. The minimum atomic E-state index is -0.118. The number of rotatable bonds is 5. The molecular weight excluding hydrogens is 240 g/mol. The van der Waals surface area contributed by atoms with Gasteiger partial charge in [0.15, 0.2) is 0 Å². The molecule has 1 fully saturated rings. The molecule has 1 N–H and O–H groups in total. The van der Waals surface area contributed by atoms with Crippen molar-refractivity contribution in [2.75, 3.05) is 6.61 Å². The van der Waals surface area contributed by atoms with Gasteiger partial charge in [-0.2, -0.15) is 0 Å². The van der Waals surface area contributed by atoms with Crippen molar-refractivity contribution in [1.82, 2.24) is 0 Å². The molecule has 3 atom stereocenters. The van der Waals surface area contributed by atoms with E-state index < -0.39 is 0 Å². The Morgan fingerprint density at radius 2 is 2.00 bits per heavy atom. The Hall–Kier alpha value is -1.19. The molecule has 0 saturated carbocycles. The normalized spacial score (nSPS) is 27.5. The van der Waals surface area contributed by atoms with E-state index in [2.05, 4.69) is 12.1 Å². The Morgan fingerprint density at radius 1 is 1.26 bits per heavy atom. The quantitative estimate of drug-likeness (QED) is 0.886. The van der Waals surface area contributed by atoms with Gasteiger partial charge in [0.05, 0.1) is 12.2 Å². The lowest BCUT2D eigenvalue weighted by Crippen LogP contribution is -2.40. The average molecular weight is 262 g/mol. The molecule has 0 bridgehead atoms. The molecule has 1 saturated heterocycles. The van der Waals surface area contributed by atoms with Crippen molar-refractivity contribution in [2.45, 2.75) is 44.8 Å². The van der Waals surface area contributed by atoms with Crippen molar-refractivity contribution in [3.05, 3.63) is 35.9 Å². The first kappa shape index (κ1) is 14.2. The summed E-state index contributed by atoms with van der Waals surface area (Å²) < 4.78 is 5.95. The van der Waals surface area contributed by atoms with E-state index in [1.807, 2.05) is 25.1 Å². The maximum atomic E-state index is 11.9. The van der Waals surface area contributed by atoms with E-state index in [9.17, 15) is 4.79 Å². The maximum absolute atomic E-state index is 11.9. The molecule has 1 aliphatic rings. The minimum Gasteiger partial charge on any atom is -0.396 e. The van der Waals surface area contributed by atoms with Gasteiger partial charge in [0.2, 0.25) is 0 Å². The van der Waals surface area contributed by atoms with Gasteiger partial charge in [0.25, 0.3) is 0 Å². The van der Waals surface area contributed by atoms with Crippen LogP contribution in [0.25, 0.3) is 0 Å². The predicted octanol–water partition coefficient (Wildman–Crippen LogP) is 2.36. The first-order chi connectivity index (χ1) is 9.20. The molecule has 0 radical (unpaired) electrons. The van der Waals surface area contributed by atoms with Crippen molar-refractivity contribution in [3.8, 4) is 0 Å². The van der Waals surface area contributed by atoms with Crippen molar-refractivity contribution < 1.29 is 14.6 Å². The SMILES string of the molecule is C[C@H]1C(=O)C[C@H](CCc2ccccc2)O[C@@H]1CCO. The number of ether oxygens (including phenoxy) is 1. The summed E-state index contributed by atoms with van der Waals surface area (Å²) in [6.45, 7) is 1.98. The Balaban J connectivity index is 1.88. The molecule has 1 aromatic rings. The van der Waals surface area contributed by atoms with Crippen LogP contribution in [0.3, 0.4) is 0 Å². The summed E-state index contributed by atoms with van der Waals surface area (Å²) in [5, 5.41) is 9.03. The topological polar surface area (TPSA) is 46.5 Å². The van der Waals surface area contributed by atoms with E-state index in [-0.39, 0.29) is 30.5 Å². The second-order valence-electron chi connectivity index (χ2n) is 5.29. The zero-order chi connectivity index (χ0) is 13.7. The van der Waals surface area contributed by atoms with Gasteiger partial charge < -0.3 is 9.84 Å². The van der Waals surface area contributed by atoms with Gasteiger partial charge in [0.1, 0.15) is 5.78 Å². The van der Waals surface area contributed by atoms with E-state index in [0.717, 1.165) is 12.8 Å². The highest BCUT2D eigenvalue weighted by atomic mass is 16.5. The average Bonchev–Trinajstić information content (AvgIpc) is 2.43. The van der Waals surface area contributed by atoms with Crippen LogP contribution in [0.5, 0.6) is 0 Å². The van der Waals surface area contributed by atoms with Gasteiger partial charge >= 0.3 is 0 Å². The predicted molar refractivity (Wildman–Crippen MR) is 73.9 cm³/mol. The molecule has 19 heavy (non-hydrogen) atoms. The van der Waals surface area contributed by atoms with E-state index in [0.29, 0.717) is 12.8 Å². The van der Waals surface area contributed by atoms with Crippen molar-refractivity contribution in [2.24, 2.45) is 5.92 Å².